The van der Waals surface area contributed by atoms with Gasteiger partial charge in [-0.1, -0.05) is 35.6 Å². The van der Waals surface area contributed by atoms with Crippen molar-refractivity contribution >= 4 is 17.7 Å². The quantitative estimate of drug-likeness (QED) is 0.676. The molecule has 2 aromatic carbocycles. The first-order chi connectivity index (χ1) is 15.4. The van der Waals surface area contributed by atoms with Crippen molar-refractivity contribution < 1.29 is 19.8 Å². The fourth-order valence-electron chi connectivity index (χ4n) is 3.91. The Labute approximate surface area is 184 Å². The Bertz CT molecular complexity index is 1150. The molecule has 32 heavy (non-hydrogen) atoms. The molecule has 2 aliphatic heterocycles. The van der Waals surface area contributed by atoms with Crippen LogP contribution in [0.25, 0.3) is 0 Å². The van der Waals surface area contributed by atoms with E-state index in [1.807, 2.05) is 11.2 Å². The van der Waals surface area contributed by atoms with Crippen LogP contribution in [0.15, 0.2) is 70.2 Å². The van der Waals surface area contributed by atoms with Crippen LogP contribution in [-0.4, -0.2) is 45.0 Å². The number of rotatable bonds is 4. The average molecular weight is 433 g/mol. The maximum atomic E-state index is 10.6. The molecule has 2 aromatic rings. The number of hydrogen-bond acceptors (Lipinski definition) is 7. The second kappa shape index (κ2) is 8.62. The van der Waals surface area contributed by atoms with Crippen LogP contribution >= 0.6 is 0 Å². The molecule has 3 N–H and O–H groups in total. The topological polar surface area (TPSA) is 127 Å². The van der Waals surface area contributed by atoms with E-state index in [1.165, 1.54) is 29.0 Å². The molecule has 3 aliphatic rings. The summed E-state index contributed by atoms with van der Waals surface area (Å²) in [4.78, 5) is 25.9. The first-order valence-electron chi connectivity index (χ1n) is 10.2. The van der Waals surface area contributed by atoms with Crippen LogP contribution in [0.2, 0.25) is 0 Å². The number of fused-ring (bicyclic) bond motifs is 1. The number of carbonyl (C=O) groups is 2. The molecule has 1 aliphatic carbocycles. The standard InChI is InChI=1S/C14H15N5.C9H8O4/c1-2-4-12-11(3-1)5-8-15-13(12)14(6-7-14)19-10-9-16-17-18-19;1-5-2-3-6(8(10)11)4-7(5)9(12)13/h1-4,9-10H,5-8H2,(H,16,18);2-4H,1H3,(H,10,11)(H,12,13). The van der Waals surface area contributed by atoms with Crippen molar-refractivity contribution in [1.82, 2.24) is 10.5 Å². The predicted molar refractivity (Wildman–Crippen MR) is 118 cm³/mol. The molecule has 0 atom stereocenters. The van der Waals surface area contributed by atoms with Gasteiger partial charge in [-0.15, -0.1) is 5.11 Å². The number of hydrazine groups is 1. The Morgan fingerprint density at radius 2 is 1.88 bits per heavy atom. The Kier molecular flexibility index (Phi) is 5.72. The second-order valence-corrected chi connectivity index (χ2v) is 7.79. The van der Waals surface area contributed by atoms with E-state index in [9.17, 15) is 9.59 Å². The zero-order chi connectivity index (χ0) is 22.7. The maximum Gasteiger partial charge on any atom is 0.335 e. The normalized spacial score (nSPS) is 17.3. The number of benzene rings is 2. The molecule has 0 saturated heterocycles. The van der Waals surface area contributed by atoms with Crippen LogP contribution in [0.5, 0.6) is 0 Å². The van der Waals surface area contributed by atoms with Gasteiger partial charge in [0.15, 0.2) is 0 Å². The summed E-state index contributed by atoms with van der Waals surface area (Å²) in [6.45, 7) is 2.50. The molecular formula is C23H23N5O4. The average Bonchev–Trinajstić information content (AvgIpc) is 3.62. The Morgan fingerprint density at radius 3 is 2.53 bits per heavy atom. The molecule has 2 heterocycles. The number of nitrogens with one attached hydrogen (secondary N) is 1. The van der Waals surface area contributed by atoms with E-state index in [4.69, 9.17) is 15.2 Å². The summed E-state index contributed by atoms with van der Waals surface area (Å²) in [5.41, 5.74) is 7.41. The van der Waals surface area contributed by atoms with E-state index in [-0.39, 0.29) is 16.7 Å². The molecule has 5 rings (SSSR count). The maximum absolute atomic E-state index is 10.6. The van der Waals surface area contributed by atoms with Gasteiger partial charge in [-0.05, 0) is 49.4 Å². The highest BCUT2D eigenvalue weighted by molar-refractivity contribution is 6.10. The molecule has 9 heteroatoms. The summed E-state index contributed by atoms with van der Waals surface area (Å²) < 4.78 is 0. The molecular weight excluding hydrogens is 410 g/mol. The fourth-order valence-corrected chi connectivity index (χ4v) is 3.91. The number of hydrogen-bond donors (Lipinski definition) is 3. The molecule has 0 radical (unpaired) electrons. The summed E-state index contributed by atoms with van der Waals surface area (Å²) >= 11 is 0. The van der Waals surface area contributed by atoms with Gasteiger partial charge in [0.2, 0.25) is 0 Å². The highest BCUT2D eigenvalue weighted by Gasteiger charge is 2.53. The third kappa shape index (κ3) is 4.09. The van der Waals surface area contributed by atoms with Crippen LogP contribution in [0.4, 0.5) is 0 Å². The minimum Gasteiger partial charge on any atom is -0.478 e. The summed E-state index contributed by atoms with van der Waals surface area (Å²) in [6, 6.07) is 12.6. The zero-order valence-electron chi connectivity index (χ0n) is 17.5. The lowest BCUT2D eigenvalue weighted by molar-refractivity contribution is 0.0695. The van der Waals surface area contributed by atoms with Gasteiger partial charge in [0.1, 0.15) is 5.54 Å². The molecule has 0 unspecified atom stereocenters. The van der Waals surface area contributed by atoms with Gasteiger partial charge in [-0.3, -0.25) is 10.0 Å². The Balaban J connectivity index is 0.000000166. The lowest BCUT2D eigenvalue weighted by atomic mass is 9.92. The molecule has 9 nitrogen and oxygen atoms in total. The van der Waals surface area contributed by atoms with Gasteiger partial charge < -0.3 is 10.2 Å². The van der Waals surface area contributed by atoms with Gasteiger partial charge in [0, 0.05) is 18.3 Å². The largest absolute Gasteiger partial charge is 0.478 e. The molecule has 1 saturated carbocycles. The van der Waals surface area contributed by atoms with Crippen molar-refractivity contribution in [2.75, 3.05) is 6.54 Å². The van der Waals surface area contributed by atoms with Crippen LogP contribution < -0.4 is 5.53 Å². The highest BCUT2D eigenvalue weighted by atomic mass is 16.4. The first-order valence-corrected chi connectivity index (χ1v) is 10.2. The van der Waals surface area contributed by atoms with E-state index >= 15 is 0 Å². The number of carboxylic acid groups (broad SMARTS) is 2. The third-order valence-electron chi connectivity index (χ3n) is 5.76. The van der Waals surface area contributed by atoms with Gasteiger partial charge in [-0.2, -0.15) is 5.53 Å². The SMILES string of the molecule is C1=CN(C2(C3=NCCc4ccccc43)CC2)NN=N1.Cc1ccc(C(=O)O)cc1C(=O)O. The predicted octanol–water partition coefficient (Wildman–Crippen LogP) is 3.61. The number of aryl methyl sites for hydroxylation is 1. The summed E-state index contributed by atoms with van der Waals surface area (Å²) in [6.07, 6.45) is 6.91. The molecule has 0 bridgehead atoms. The van der Waals surface area contributed by atoms with Gasteiger partial charge in [-0.25, -0.2) is 9.59 Å². The molecule has 0 spiro atoms. The second-order valence-electron chi connectivity index (χ2n) is 7.79. The molecule has 1 fully saturated rings. The van der Waals surface area contributed by atoms with Crippen molar-refractivity contribution in [3.05, 3.63) is 82.7 Å². The lowest BCUT2D eigenvalue weighted by Gasteiger charge is -2.33. The van der Waals surface area contributed by atoms with E-state index in [0.29, 0.717) is 5.56 Å². The fraction of sp³-hybridized carbons (Fsp3) is 0.261. The molecule has 0 aromatic heterocycles. The third-order valence-corrected chi connectivity index (χ3v) is 5.76. The van der Waals surface area contributed by atoms with Crippen molar-refractivity contribution in [1.29, 1.82) is 0 Å². The minimum atomic E-state index is -1.12. The highest BCUT2D eigenvalue weighted by Crippen LogP contribution is 2.45. The summed E-state index contributed by atoms with van der Waals surface area (Å²) in [5.74, 6) is -2.23. The van der Waals surface area contributed by atoms with Crippen molar-refractivity contribution in [3.8, 4) is 0 Å². The van der Waals surface area contributed by atoms with Crippen LogP contribution in [0.1, 0.15) is 50.2 Å². The number of aromatic carboxylic acids is 2. The van der Waals surface area contributed by atoms with Gasteiger partial charge in [0.05, 0.1) is 23.0 Å². The smallest absolute Gasteiger partial charge is 0.335 e. The summed E-state index contributed by atoms with van der Waals surface area (Å²) in [5, 5.41) is 27.0. The van der Waals surface area contributed by atoms with Crippen LogP contribution in [-0.2, 0) is 6.42 Å². The monoisotopic (exact) mass is 433 g/mol. The van der Waals surface area contributed by atoms with Gasteiger partial charge in [0.25, 0.3) is 0 Å². The number of aliphatic imine (C=N–C) groups is 1. The van der Waals surface area contributed by atoms with Crippen molar-refractivity contribution in [2.24, 2.45) is 15.3 Å². The molecule has 164 valence electrons. The minimum absolute atomic E-state index is 0.0111. The van der Waals surface area contributed by atoms with Gasteiger partial charge >= 0.3 is 11.9 Å². The number of nitrogens with zero attached hydrogens (tertiary/aromatic N) is 4. The van der Waals surface area contributed by atoms with E-state index in [2.05, 4.69) is 40.1 Å². The summed E-state index contributed by atoms with van der Waals surface area (Å²) in [7, 11) is 0. The Hall–Kier alpha value is -4.01. The lowest BCUT2D eigenvalue weighted by Crippen LogP contribution is -2.48. The zero-order valence-corrected chi connectivity index (χ0v) is 17.5. The van der Waals surface area contributed by atoms with Crippen molar-refractivity contribution in [3.63, 3.8) is 0 Å². The van der Waals surface area contributed by atoms with Crippen LogP contribution in [0.3, 0.4) is 0 Å². The van der Waals surface area contributed by atoms with E-state index in [0.717, 1.165) is 31.9 Å². The van der Waals surface area contributed by atoms with Crippen molar-refractivity contribution in [2.45, 2.75) is 31.7 Å². The Morgan fingerprint density at radius 1 is 1.09 bits per heavy atom. The first kappa shape index (κ1) is 21.2. The van der Waals surface area contributed by atoms with Crippen LogP contribution in [0, 0.1) is 6.92 Å². The number of carboxylic acids is 2. The van der Waals surface area contributed by atoms with E-state index < -0.39 is 11.9 Å². The van der Waals surface area contributed by atoms with E-state index in [1.54, 1.807) is 13.1 Å². The molecule has 0 amide bonds.